The first-order valence-electron chi connectivity index (χ1n) is 6.95. The molecule has 2 nitrogen and oxygen atoms in total. The lowest BCUT2D eigenvalue weighted by atomic mass is 10.0. The van der Waals surface area contributed by atoms with Gasteiger partial charge in [0.25, 0.3) is 0 Å². The molecule has 0 fully saturated rings. The van der Waals surface area contributed by atoms with Crippen LogP contribution in [0.1, 0.15) is 44.7 Å². The van der Waals surface area contributed by atoms with Gasteiger partial charge >= 0.3 is 6.36 Å². The van der Waals surface area contributed by atoms with Crippen LogP contribution in [0.4, 0.5) is 13.2 Å². The summed E-state index contributed by atoms with van der Waals surface area (Å²) in [6, 6.07) is 6.09. The molecule has 0 aliphatic rings. The standard InChI is InChI=1S/C16H20F3NO/c1-3-5-6-7-15(20-12-4-2)13-8-10-14(11-9-13)21-16(17,18)19/h8-11,15,20H,4,6-7,12H2,1-2H3. The van der Waals surface area contributed by atoms with Crippen LogP contribution < -0.4 is 10.1 Å². The highest BCUT2D eigenvalue weighted by molar-refractivity contribution is 5.29. The molecule has 0 saturated carbocycles. The van der Waals surface area contributed by atoms with Gasteiger partial charge in [0.2, 0.25) is 0 Å². The van der Waals surface area contributed by atoms with Gasteiger partial charge in [-0.1, -0.05) is 19.1 Å². The fourth-order valence-electron chi connectivity index (χ4n) is 1.95. The Hall–Kier alpha value is -1.67. The summed E-state index contributed by atoms with van der Waals surface area (Å²) in [4.78, 5) is 0. The van der Waals surface area contributed by atoms with Gasteiger partial charge in [0, 0.05) is 12.5 Å². The first-order valence-corrected chi connectivity index (χ1v) is 6.95. The molecule has 0 saturated heterocycles. The fraction of sp³-hybridized carbons (Fsp3) is 0.500. The highest BCUT2D eigenvalue weighted by atomic mass is 19.4. The summed E-state index contributed by atoms with van der Waals surface area (Å²) >= 11 is 0. The van der Waals surface area contributed by atoms with Crippen LogP contribution in [0.25, 0.3) is 0 Å². The predicted molar refractivity (Wildman–Crippen MR) is 76.8 cm³/mol. The van der Waals surface area contributed by atoms with Gasteiger partial charge in [-0.2, -0.15) is 0 Å². The molecule has 0 aliphatic heterocycles. The fourth-order valence-corrected chi connectivity index (χ4v) is 1.95. The van der Waals surface area contributed by atoms with Crippen LogP contribution in [0.15, 0.2) is 24.3 Å². The van der Waals surface area contributed by atoms with Crippen LogP contribution >= 0.6 is 0 Å². The Balaban J connectivity index is 2.73. The molecule has 0 amide bonds. The number of alkyl halides is 3. The Kier molecular flexibility index (Phi) is 7.10. The van der Waals surface area contributed by atoms with E-state index in [2.05, 4.69) is 28.8 Å². The number of halogens is 3. The molecule has 1 aromatic rings. The minimum Gasteiger partial charge on any atom is -0.406 e. The minimum absolute atomic E-state index is 0.0886. The second kappa shape index (κ2) is 8.58. The average Bonchev–Trinajstić information content (AvgIpc) is 2.42. The number of hydrogen-bond donors (Lipinski definition) is 1. The van der Waals surface area contributed by atoms with Crippen molar-refractivity contribution in [3.05, 3.63) is 29.8 Å². The quantitative estimate of drug-likeness (QED) is 0.752. The van der Waals surface area contributed by atoms with Gasteiger partial charge in [0.1, 0.15) is 5.75 Å². The number of nitrogens with one attached hydrogen (secondary N) is 1. The van der Waals surface area contributed by atoms with Crippen molar-refractivity contribution >= 4 is 0 Å². The van der Waals surface area contributed by atoms with Crippen molar-refractivity contribution in [3.63, 3.8) is 0 Å². The zero-order valence-electron chi connectivity index (χ0n) is 12.3. The molecular formula is C16H20F3NO. The molecule has 0 heterocycles. The van der Waals surface area contributed by atoms with Crippen molar-refractivity contribution in [1.29, 1.82) is 0 Å². The molecule has 1 rings (SSSR count). The molecule has 5 heteroatoms. The van der Waals surface area contributed by atoms with E-state index in [-0.39, 0.29) is 11.8 Å². The number of rotatable bonds is 7. The summed E-state index contributed by atoms with van der Waals surface area (Å²) in [5.41, 5.74) is 0.941. The molecule has 0 bridgehead atoms. The van der Waals surface area contributed by atoms with Gasteiger partial charge in [0.05, 0.1) is 0 Å². The van der Waals surface area contributed by atoms with E-state index >= 15 is 0 Å². The molecule has 1 unspecified atom stereocenters. The van der Waals surface area contributed by atoms with Crippen LogP contribution in [0.5, 0.6) is 5.75 Å². The van der Waals surface area contributed by atoms with E-state index in [9.17, 15) is 13.2 Å². The second-order valence-electron chi connectivity index (χ2n) is 4.59. The van der Waals surface area contributed by atoms with E-state index in [1.807, 2.05) is 0 Å². The van der Waals surface area contributed by atoms with Gasteiger partial charge in [0.15, 0.2) is 0 Å². The summed E-state index contributed by atoms with van der Waals surface area (Å²) in [5, 5.41) is 3.38. The van der Waals surface area contributed by atoms with E-state index < -0.39 is 6.36 Å². The second-order valence-corrected chi connectivity index (χ2v) is 4.59. The van der Waals surface area contributed by atoms with Gasteiger partial charge in [-0.05, 0) is 44.0 Å². The van der Waals surface area contributed by atoms with Gasteiger partial charge in [-0.15, -0.1) is 25.0 Å². The van der Waals surface area contributed by atoms with E-state index in [0.29, 0.717) is 0 Å². The largest absolute Gasteiger partial charge is 0.573 e. The topological polar surface area (TPSA) is 21.3 Å². The molecule has 1 N–H and O–H groups in total. The summed E-state index contributed by atoms with van der Waals surface area (Å²) in [7, 11) is 0. The number of ether oxygens (including phenoxy) is 1. The maximum absolute atomic E-state index is 12.1. The average molecular weight is 299 g/mol. The van der Waals surface area contributed by atoms with Crippen LogP contribution in [0.2, 0.25) is 0 Å². The van der Waals surface area contributed by atoms with Crippen molar-refractivity contribution in [3.8, 4) is 17.6 Å². The third-order valence-corrected chi connectivity index (χ3v) is 2.89. The van der Waals surface area contributed by atoms with Crippen molar-refractivity contribution in [2.24, 2.45) is 0 Å². The Morgan fingerprint density at radius 1 is 1.24 bits per heavy atom. The van der Waals surface area contributed by atoms with Gasteiger partial charge in [-0.25, -0.2) is 0 Å². The Morgan fingerprint density at radius 3 is 2.43 bits per heavy atom. The lowest BCUT2D eigenvalue weighted by Gasteiger charge is -2.18. The van der Waals surface area contributed by atoms with Crippen molar-refractivity contribution < 1.29 is 17.9 Å². The smallest absolute Gasteiger partial charge is 0.406 e. The maximum Gasteiger partial charge on any atom is 0.573 e. The highest BCUT2D eigenvalue weighted by Gasteiger charge is 2.31. The Labute approximate surface area is 123 Å². The van der Waals surface area contributed by atoms with E-state index in [4.69, 9.17) is 0 Å². The molecule has 116 valence electrons. The molecule has 21 heavy (non-hydrogen) atoms. The SMILES string of the molecule is CC#CCCC(NCCC)c1ccc(OC(F)(F)F)cc1. The molecular weight excluding hydrogens is 279 g/mol. The van der Waals surface area contributed by atoms with Crippen LogP contribution in [0.3, 0.4) is 0 Å². The molecule has 1 atom stereocenters. The van der Waals surface area contributed by atoms with Crippen LogP contribution in [-0.2, 0) is 0 Å². The summed E-state index contributed by atoms with van der Waals surface area (Å²) < 4.78 is 40.2. The van der Waals surface area contributed by atoms with E-state index in [1.54, 1.807) is 19.1 Å². The molecule has 0 aliphatic carbocycles. The normalized spacial score (nSPS) is 12.4. The zero-order valence-corrected chi connectivity index (χ0v) is 12.3. The predicted octanol–water partition coefficient (Wildman–Crippen LogP) is 4.43. The first-order chi connectivity index (χ1) is 9.96. The molecule has 0 radical (unpaired) electrons. The first kappa shape index (κ1) is 17.4. The number of benzene rings is 1. The minimum atomic E-state index is -4.65. The maximum atomic E-state index is 12.1. The lowest BCUT2D eigenvalue weighted by Crippen LogP contribution is -2.22. The van der Waals surface area contributed by atoms with E-state index in [1.165, 1.54) is 12.1 Å². The number of hydrogen-bond acceptors (Lipinski definition) is 2. The van der Waals surface area contributed by atoms with Crippen molar-refractivity contribution in [2.75, 3.05) is 6.54 Å². The van der Waals surface area contributed by atoms with Crippen molar-refractivity contribution in [1.82, 2.24) is 5.32 Å². The van der Waals surface area contributed by atoms with Crippen LogP contribution in [0, 0.1) is 11.8 Å². The lowest BCUT2D eigenvalue weighted by molar-refractivity contribution is -0.274. The Bertz CT molecular complexity index is 471. The van der Waals surface area contributed by atoms with E-state index in [0.717, 1.165) is 31.4 Å². The summed E-state index contributed by atoms with van der Waals surface area (Å²) in [6.45, 7) is 4.71. The highest BCUT2D eigenvalue weighted by Crippen LogP contribution is 2.25. The molecule has 0 aromatic heterocycles. The third kappa shape index (κ3) is 7.05. The summed E-state index contributed by atoms with van der Waals surface area (Å²) in [5.74, 6) is 5.65. The van der Waals surface area contributed by atoms with Gasteiger partial charge < -0.3 is 10.1 Å². The molecule has 1 aromatic carbocycles. The zero-order chi connectivity index (χ0) is 15.7. The molecule has 0 spiro atoms. The monoisotopic (exact) mass is 299 g/mol. The Morgan fingerprint density at radius 2 is 1.90 bits per heavy atom. The third-order valence-electron chi connectivity index (χ3n) is 2.89. The summed E-state index contributed by atoms with van der Waals surface area (Å²) in [6.07, 6.45) is -2.09. The van der Waals surface area contributed by atoms with Crippen LogP contribution in [-0.4, -0.2) is 12.9 Å². The van der Waals surface area contributed by atoms with Gasteiger partial charge in [-0.3, -0.25) is 0 Å². The van der Waals surface area contributed by atoms with Crippen molar-refractivity contribution in [2.45, 2.75) is 45.5 Å².